The zero-order valence-corrected chi connectivity index (χ0v) is 8.53. The molecule has 5 nitrogen and oxygen atoms in total. The van der Waals surface area contributed by atoms with E-state index in [0.717, 1.165) is 6.42 Å². The average Bonchev–Trinajstić information content (AvgIpc) is 2.20. The minimum atomic E-state index is 0.239. The first-order valence-electron chi connectivity index (χ1n) is 4.59. The normalized spacial score (nSPS) is 12.4. The molecule has 5 heteroatoms. The van der Waals surface area contributed by atoms with E-state index in [2.05, 4.69) is 22.2 Å². The molecule has 1 atom stereocenters. The fourth-order valence-corrected chi connectivity index (χ4v) is 1.06. The van der Waals surface area contributed by atoms with Crippen molar-refractivity contribution in [2.75, 3.05) is 24.8 Å². The summed E-state index contributed by atoms with van der Waals surface area (Å²) in [5.41, 5.74) is 6.04. The van der Waals surface area contributed by atoms with Gasteiger partial charge < -0.3 is 15.8 Å². The Morgan fingerprint density at radius 1 is 1.50 bits per heavy atom. The summed E-state index contributed by atoms with van der Waals surface area (Å²) in [6.07, 6.45) is 4.12. The Balaban J connectivity index is 2.53. The van der Waals surface area contributed by atoms with Crippen LogP contribution in [0.1, 0.15) is 13.3 Å². The molecule has 0 spiro atoms. The quantitative estimate of drug-likeness (QED) is 0.731. The molecule has 0 aromatic carbocycles. The van der Waals surface area contributed by atoms with Crippen molar-refractivity contribution >= 4 is 11.6 Å². The maximum Gasteiger partial charge on any atom is 0.223 e. The molecule has 1 aromatic heterocycles. The molecule has 0 saturated carbocycles. The topological polar surface area (TPSA) is 73.1 Å². The van der Waals surface area contributed by atoms with Crippen LogP contribution >= 0.6 is 0 Å². The third-order valence-corrected chi connectivity index (χ3v) is 1.87. The van der Waals surface area contributed by atoms with Crippen LogP contribution in [0.15, 0.2) is 12.4 Å². The summed E-state index contributed by atoms with van der Waals surface area (Å²) in [6.45, 7) is 2.72. The van der Waals surface area contributed by atoms with Gasteiger partial charge in [0.2, 0.25) is 5.95 Å². The monoisotopic (exact) mass is 196 g/mol. The molecule has 14 heavy (non-hydrogen) atoms. The van der Waals surface area contributed by atoms with Crippen molar-refractivity contribution in [3.8, 4) is 0 Å². The predicted molar refractivity (Wildman–Crippen MR) is 56.0 cm³/mol. The molecule has 1 rings (SSSR count). The van der Waals surface area contributed by atoms with Gasteiger partial charge in [-0.1, -0.05) is 6.92 Å². The van der Waals surface area contributed by atoms with Gasteiger partial charge >= 0.3 is 0 Å². The van der Waals surface area contributed by atoms with Crippen LogP contribution in [-0.4, -0.2) is 29.7 Å². The summed E-state index contributed by atoms with van der Waals surface area (Å²) >= 11 is 0. The molecular weight excluding hydrogens is 180 g/mol. The molecule has 0 saturated heterocycles. The number of nitrogen functional groups attached to an aromatic ring is 1. The number of ether oxygens (including phenoxy) is 1. The molecule has 1 heterocycles. The summed E-state index contributed by atoms with van der Waals surface area (Å²) in [5, 5.41) is 3.15. The number of nitrogens with zero attached hydrogens (tertiary/aromatic N) is 2. The van der Waals surface area contributed by atoms with Gasteiger partial charge in [-0.05, 0) is 6.42 Å². The lowest BCUT2D eigenvalue weighted by atomic mass is 10.2. The largest absolute Gasteiger partial charge is 0.396 e. The van der Waals surface area contributed by atoms with E-state index in [1.165, 1.54) is 0 Å². The van der Waals surface area contributed by atoms with Crippen LogP contribution in [0.2, 0.25) is 0 Å². The molecule has 0 fully saturated rings. The van der Waals surface area contributed by atoms with Crippen LogP contribution in [0.5, 0.6) is 0 Å². The first kappa shape index (κ1) is 10.7. The zero-order chi connectivity index (χ0) is 10.4. The Morgan fingerprint density at radius 2 is 2.14 bits per heavy atom. The molecule has 0 aliphatic heterocycles. The van der Waals surface area contributed by atoms with Gasteiger partial charge in [-0.2, -0.15) is 0 Å². The van der Waals surface area contributed by atoms with E-state index in [0.29, 0.717) is 18.2 Å². The standard InChI is InChI=1S/C9H16N4O/c1-3-8(6-14-2)13-9-11-4-7(10)5-12-9/h4-5,8H,3,6,10H2,1-2H3,(H,11,12,13). The van der Waals surface area contributed by atoms with Crippen molar-refractivity contribution in [3.63, 3.8) is 0 Å². The SMILES string of the molecule is CCC(COC)Nc1ncc(N)cn1. The highest BCUT2D eigenvalue weighted by atomic mass is 16.5. The van der Waals surface area contributed by atoms with Crippen LogP contribution in [0.25, 0.3) is 0 Å². The lowest BCUT2D eigenvalue weighted by Gasteiger charge is -2.15. The van der Waals surface area contributed by atoms with Crippen molar-refractivity contribution in [1.29, 1.82) is 0 Å². The van der Waals surface area contributed by atoms with E-state index in [1.54, 1.807) is 19.5 Å². The second-order valence-electron chi connectivity index (χ2n) is 3.04. The Bertz CT molecular complexity index is 262. The van der Waals surface area contributed by atoms with Crippen LogP contribution in [0.4, 0.5) is 11.6 Å². The van der Waals surface area contributed by atoms with E-state index < -0.39 is 0 Å². The number of hydrogen-bond acceptors (Lipinski definition) is 5. The highest BCUT2D eigenvalue weighted by molar-refractivity contribution is 5.36. The smallest absolute Gasteiger partial charge is 0.223 e. The summed E-state index contributed by atoms with van der Waals surface area (Å²) in [4.78, 5) is 8.09. The lowest BCUT2D eigenvalue weighted by molar-refractivity contribution is 0.184. The number of hydrogen-bond donors (Lipinski definition) is 2. The van der Waals surface area contributed by atoms with Crippen molar-refractivity contribution < 1.29 is 4.74 Å². The first-order valence-corrected chi connectivity index (χ1v) is 4.59. The van der Waals surface area contributed by atoms with Gasteiger partial charge in [-0.3, -0.25) is 0 Å². The van der Waals surface area contributed by atoms with Crippen molar-refractivity contribution in [2.24, 2.45) is 0 Å². The van der Waals surface area contributed by atoms with E-state index in [9.17, 15) is 0 Å². The van der Waals surface area contributed by atoms with E-state index >= 15 is 0 Å². The predicted octanol–water partition coefficient (Wildman–Crippen LogP) is 0.896. The van der Waals surface area contributed by atoms with Gasteiger partial charge in [0.15, 0.2) is 0 Å². The molecule has 0 radical (unpaired) electrons. The Hall–Kier alpha value is -1.36. The molecule has 0 aliphatic carbocycles. The molecule has 78 valence electrons. The molecule has 3 N–H and O–H groups in total. The van der Waals surface area contributed by atoms with Crippen molar-refractivity contribution in [1.82, 2.24) is 9.97 Å². The number of nitrogens with one attached hydrogen (secondary N) is 1. The highest BCUT2D eigenvalue weighted by Crippen LogP contribution is 2.04. The molecule has 0 aliphatic rings. The van der Waals surface area contributed by atoms with Gasteiger partial charge in [0.25, 0.3) is 0 Å². The third-order valence-electron chi connectivity index (χ3n) is 1.87. The average molecular weight is 196 g/mol. The van der Waals surface area contributed by atoms with E-state index in [-0.39, 0.29) is 6.04 Å². The maximum atomic E-state index is 5.47. The Kier molecular flexibility index (Phi) is 4.12. The number of anilines is 2. The van der Waals surface area contributed by atoms with E-state index in [1.807, 2.05) is 0 Å². The summed E-state index contributed by atoms with van der Waals surface area (Å²) < 4.78 is 5.05. The van der Waals surface area contributed by atoms with Crippen LogP contribution < -0.4 is 11.1 Å². The number of aromatic nitrogens is 2. The molecule has 0 bridgehead atoms. The van der Waals surface area contributed by atoms with Gasteiger partial charge in [-0.25, -0.2) is 9.97 Å². The Labute approximate surface area is 83.7 Å². The summed E-state index contributed by atoms with van der Waals surface area (Å²) in [5.74, 6) is 0.586. The fraction of sp³-hybridized carbons (Fsp3) is 0.556. The second-order valence-corrected chi connectivity index (χ2v) is 3.04. The van der Waals surface area contributed by atoms with Gasteiger partial charge in [0.1, 0.15) is 0 Å². The maximum absolute atomic E-state index is 5.47. The molecule has 0 amide bonds. The lowest BCUT2D eigenvalue weighted by Crippen LogP contribution is -2.25. The van der Waals surface area contributed by atoms with Crippen LogP contribution in [-0.2, 0) is 4.74 Å². The van der Waals surface area contributed by atoms with Crippen molar-refractivity contribution in [2.45, 2.75) is 19.4 Å². The number of rotatable bonds is 5. The number of methoxy groups -OCH3 is 1. The third kappa shape index (κ3) is 3.18. The highest BCUT2D eigenvalue weighted by Gasteiger charge is 2.06. The summed E-state index contributed by atoms with van der Waals surface area (Å²) in [7, 11) is 1.67. The van der Waals surface area contributed by atoms with E-state index in [4.69, 9.17) is 10.5 Å². The molecular formula is C9H16N4O. The van der Waals surface area contributed by atoms with Crippen LogP contribution in [0.3, 0.4) is 0 Å². The minimum absolute atomic E-state index is 0.239. The first-order chi connectivity index (χ1) is 6.76. The van der Waals surface area contributed by atoms with Crippen molar-refractivity contribution in [3.05, 3.63) is 12.4 Å². The Morgan fingerprint density at radius 3 is 2.64 bits per heavy atom. The van der Waals surface area contributed by atoms with Gasteiger partial charge in [-0.15, -0.1) is 0 Å². The second kappa shape index (κ2) is 5.39. The van der Waals surface area contributed by atoms with Gasteiger partial charge in [0.05, 0.1) is 30.7 Å². The fourth-order valence-electron chi connectivity index (χ4n) is 1.06. The summed E-state index contributed by atoms with van der Waals surface area (Å²) in [6, 6.07) is 0.239. The molecule has 1 unspecified atom stereocenters. The zero-order valence-electron chi connectivity index (χ0n) is 8.53. The number of nitrogens with two attached hydrogens (primary N) is 1. The van der Waals surface area contributed by atoms with Gasteiger partial charge in [0, 0.05) is 7.11 Å². The minimum Gasteiger partial charge on any atom is -0.396 e. The molecule has 1 aromatic rings. The van der Waals surface area contributed by atoms with Crippen LogP contribution in [0, 0.1) is 0 Å².